The molecular weight excluding hydrogens is 208 g/mol. The SMILES string of the molecule is O=C1CCCC/C1=C1\C=Cc2ccccc2C1. The number of benzene rings is 1. The van der Waals surface area contributed by atoms with Crippen molar-refractivity contribution in [2.45, 2.75) is 32.1 Å². The van der Waals surface area contributed by atoms with Crippen LogP contribution in [0, 0.1) is 0 Å². The summed E-state index contributed by atoms with van der Waals surface area (Å²) in [5, 5.41) is 0. The van der Waals surface area contributed by atoms with Gasteiger partial charge in [0, 0.05) is 6.42 Å². The number of ketones is 1. The maximum Gasteiger partial charge on any atom is 0.159 e. The first-order valence-electron chi connectivity index (χ1n) is 6.36. The molecule has 1 saturated carbocycles. The molecule has 1 nitrogen and oxygen atoms in total. The first-order valence-corrected chi connectivity index (χ1v) is 6.36. The monoisotopic (exact) mass is 224 g/mol. The van der Waals surface area contributed by atoms with Crippen LogP contribution in [0.3, 0.4) is 0 Å². The Morgan fingerprint density at radius 2 is 1.76 bits per heavy atom. The number of fused-ring (bicyclic) bond motifs is 1. The van der Waals surface area contributed by atoms with Crippen LogP contribution in [0.5, 0.6) is 0 Å². The number of hydrogen-bond acceptors (Lipinski definition) is 1. The van der Waals surface area contributed by atoms with E-state index in [2.05, 4.69) is 36.4 Å². The number of carbonyl (C=O) groups is 1. The quantitative estimate of drug-likeness (QED) is 0.614. The molecule has 1 aromatic carbocycles. The Morgan fingerprint density at radius 1 is 0.941 bits per heavy atom. The summed E-state index contributed by atoms with van der Waals surface area (Å²) in [5.41, 5.74) is 4.96. The highest BCUT2D eigenvalue weighted by molar-refractivity contribution is 5.97. The zero-order valence-corrected chi connectivity index (χ0v) is 9.91. The summed E-state index contributed by atoms with van der Waals surface area (Å²) < 4.78 is 0. The van der Waals surface area contributed by atoms with E-state index in [1.807, 2.05) is 0 Å². The molecule has 2 aliphatic carbocycles. The van der Waals surface area contributed by atoms with Crippen LogP contribution < -0.4 is 0 Å². The van der Waals surface area contributed by atoms with Crippen molar-refractivity contribution < 1.29 is 4.79 Å². The largest absolute Gasteiger partial charge is 0.295 e. The van der Waals surface area contributed by atoms with E-state index in [4.69, 9.17) is 0 Å². The Morgan fingerprint density at radius 3 is 2.65 bits per heavy atom. The average Bonchev–Trinajstić information content (AvgIpc) is 2.39. The number of Topliss-reactive ketones (excluding diaryl/α,β-unsaturated/α-hetero) is 1. The average molecular weight is 224 g/mol. The summed E-state index contributed by atoms with van der Waals surface area (Å²) in [6.07, 6.45) is 9.16. The van der Waals surface area contributed by atoms with Crippen molar-refractivity contribution in [3.8, 4) is 0 Å². The van der Waals surface area contributed by atoms with Crippen LogP contribution in [0.1, 0.15) is 36.8 Å². The lowest BCUT2D eigenvalue weighted by atomic mass is 9.84. The van der Waals surface area contributed by atoms with E-state index in [1.165, 1.54) is 23.1 Å². The summed E-state index contributed by atoms with van der Waals surface area (Å²) in [4.78, 5) is 11.9. The third-order valence-corrected chi connectivity index (χ3v) is 3.70. The molecule has 0 bridgehead atoms. The molecule has 0 saturated heterocycles. The van der Waals surface area contributed by atoms with Crippen molar-refractivity contribution >= 4 is 11.9 Å². The lowest BCUT2D eigenvalue weighted by Gasteiger charge is -2.19. The van der Waals surface area contributed by atoms with Crippen LogP contribution in [-0.4, -0.2) is 5.78 Å². The van der Waals surface area contributed by atoms with Gasteiger partial charge >= 0.3 is 0 Å². The summed E-state index contributed by atoms with van der Waals surface area (Å²) in [6, 6.07) is 8.43. The Balaban J connectivity index is 1.98. The molecule has 3 rings (SSSR count). The normalized spacial score (nSPS) is 23.6. The molecule has 86 valence electrons. The van der Waals surface area contributed by atoms with Crippen LogP contribution in [0.15, 0.2) is 41.5 Å². The van der Waals surface area contributed by atoms with E-state index < -0.39 is 0 Å². The smallest absolute Gasteiger partial charge is 0.159 e. The van der Waals surface area contributed by atoms with E-state index in [-0.39, 0.29) is 0 Å². The molecule has 2 aliphatic rings. The van der Waals surface area contributed by atoms with Gasteiger partial charge in [0.25, 0.3) is 0 Å². The second-order valence-electron chi connectivity index (χ2n) is 4.84. The number of hydrogen-bond donors (Lipinski definition) is 0. The Labute approximate surface area is 102 Å². The Kier molecular flexibility index (Phi) is 2.68. The van der Waals surface area contributed by atoms with Crippen LogP contribution in [-0.2, 0) is 11.2 Å². The van der Waals surface area contributed by atoms with Crippen LogP contribution in [0.2, 0.25) is 0 Å². The van der Waals surface area contributed by atoms with Gasteiger partial charge in [0.2, 0.25) is 0 Å². The van der Waals surface area contributed by atoms with Crippen molar-refractivity contribution in [3.05, 3.63) is 52.6 Å². The lowest BCUT2D eigenvalue weighted by molar-refractivity contribution is -0.116. The molecule has 0 aliphatic heterocycles. The van der Waals surface area contributed by atoms with Gasteiger partial charge < -0.3 is 0 Å². The summed E-state index contributed by atoms with van der Waals surface area (Å²) in [7, 11) is 0. The van der Waals surface area contributed by atoms with E-state index in [0.717, 1.165) is 31.3 Å². The summed E-state index contributed by atoms with van der Waals surface area (Å²) in [5.74, 6) is 0.371. The maximum absolute atomic E-state index is 11.9. The van der Waals surface area contributed by atoms with Gasteiger partial charge in [-0.2, -0.15) is 0 Å². The summed E-state index contributed by atoms with van der Waals surface area (Å²) >= 11 is 0. The summed E-state index contributed by atoms with van der Waals surface area (Å²) in [6.45, 7) is 0. The fourth-order valence-electron chi connectivity index (χ4n) is 2.74. The van der Waals surface area contributed by atoms with E-state index in [1.54, 1.807) is 0 Å². The second kappa shape index (κ2) is 4.33. The molecule has 1 aromatic rings. The van der Waals surface area contributed by atoms with E-state index >= 15 is 0 Å². The highest BCUT2D eigenvalue weighted by Crippen LogP contribution is 2.29. The van der Waals surface area contributed by atoms with Gasteiger partial charge in [0.15, 0.2) is 5.78 Å². The molecule has 0 spiro atoms. The minimum atomic E-state index is 0.371. The zero-order valence-electron chi connectivity index (χ0n) is 9.91. The van der Waals surface area contributed by atoms with Crippen molar-refractivity contribution in [3.63, 3.8) is 0 Å². The fraction of sp³-hybridized carbons (Fsp3) is 0.312. The highest BCUT2D eigenvalue weighted by atomic mass is 16.1. The van der Waals surface area contributed by atoms with Crippen molar-refractivity contribution in [1.82, 2.24) is 0 Å². The van der Waals surface area contributed by atoms with Crippen LogP contribution >= 0.6 is 0 Å². The van der Waals surface area contributed by atoms with Gasteiger partial charge in [-0.05, 0) is 48.0 Å². The predicted molar refractivity (Wildman–Crippen MR) is 69.7 cm³/mol. The zero-order chi connectivity index (χ0) is 11.7. The Bertz CT molecular complexity index is 520. The second-order valence-corrected chi connectivity index (χ2v) is 4.84. The molecule has 0 N–H and O–H groups in total. The van der Waals surface area contributed by atoms with Gasteiger partial charge in [0.1, 0.15) is 0 Å². The molecule has 0 atom stereocenters. The molecule has 1 fully saturated rings. The van der Waals surface area contributed by atoms with Crippen LogP contribution in [0.25, 0.3) is 6.08 Å². The topological polar surface area (TPSA) is 17.1 Å². The molecule has 17 heavy (non-hydrogen) atoms. The maximum atomic E-state index is 11.9. The molecule has 0 aromatic heterocycles. The molecule has 0 heterocycles. The van der Waals surface area contributed by atoms with Gasteiger partial charge in [0.05, 0.1) is 0 Å². The first kappa shape index (κ1) is 10.5. The highest BCUT2D eigenvalue weighted by Gasteiger charge is 2.19. The molecule has 0 radical (unpaired) electrons. The minimum absolute atomic E-state index is 0.371. The molecule has 0 unspecified atom stereocenters. The number of rotatable bonds is 0. The Hall–Kier alpha value is -1.63. The molecule has 0 amide bonds. The van der Waals surface area contributed by atoms with Gasteiger partial charge in [-0.15, -0.1) is 0 Å². The minimum Gasteiger partial charge on any atom is -0.295 e. The third kappa shape index (κ3) is 1.97. The van der Waals surface area contributed by atoms with Crippen molar-refractivity contribution in [2.75, 3.05) is 0 Å². The van der Waals surface area contributed by atoms with Gasteiger partial charge in [-0.25, -0.2) is 0 Å². The standard InChI is InChI=1S/C16H16O/c17-16-8-4-3-7-15(16)14-10-9-12-5-1-2-6-13(12)11-14/h1-2,5-6,9-10H,3-4,7-8,11H2/b15-14-. The lowest BCUT2D eigenvalue weighted by Crippen LogP contribution is -2.12. The van der Waals surface area contributed by atoms with Crippen molar-refractivity contribution in [1.29, 1.82) is 0 Å². The van der Waals surface area contributed by atoms with E-state index in [9.17, 15) is 4.79 Å². The van der Waals surface area contributed by atoms with Crippen molar-refractivity contribution in [2.24, 2.45) is 0 Å². The van der Waals surface area contributed by atoms with Crippen LogP contribution in [0.4, 0.5) is 0 Å². The first-order chi connectivity index (χ1) is 8.34. The number of carbonyl (C=O) groups excluding carboxylic acids is 1. The van der Waals surface area contributed by atoms with E-state index in [0.29, 0.717) is 5.78 Å². The van der Waals surface area contributed by atoms with Gasteiger partial charge in [-0.1, -0.05) is 36.4 Å². The molecular formula is C16H16O. The fourth-order valence-corrected chi connectivity index (χ4v) is 2.74. The third-order valence-electron chi connectivity index (χ3n) is 3.70. The molecule has 1 heteroatoms. The predicted octanol–water partition coefficient (Wildman–Crippen LogP) is 3.70. The number of allylic oxidation sites excluding steroid dienone is 3. The van der Waals surface area contributed by atoms with Gasteiger partial charge in [-0.3, -0.25) is 4.79 Å².